The Morgan fingerprint density at radius 3 is 2.43 bits per heavy atom. The van der Waals surface area contributed by atoms with Gasteiger partial charge in [0.2, 0.25) is 0 Å². The van der Waals surface area contributed by atoms with Crippen molar-refractivity contribution < 1.29 is 19.5 Å². The predicted molar refractivity (Wildman–Crippen MR) is 106 cm³/mol. The SMILES string of the molecule is CC(=O)O[C@]1(C(C)=O)CC[C@@H]2[C@@H]3CCC4=C/C(=N\O)CC[C@]4(C)[C@H]3CC[C@]21C. The van der Waals surface area contributed by atoms with Crippen LogP contribution in [-0.2, 0) is 14.3 Å². The molecule has 0 saturated heterocycles. The zero-order valence-corrected chi connectivity index (χ0v) is 17.6. The van der Waals surface area contributed by atoms with E-state index < -0.39 is 5.60 Å². The lowest BCUT2D eigenvalue weighted by Crippen LogP contribution is -2.58. The first-order chi connectivity index (χ1) is 13.2. The van der Waals surface area contributed by atoms with Crippen LogP contribution in [0.3, 0.4) is 0 Å². The number of hydrogen-bond donors (Lipinski definition) is 1. The Hall–Kier alpha value is -1.65. The number of allylic oxidation sites excluding steroid dienone is 2. The van der Waals surface area contributed by atoms with Crippen LogP contribution in [0, 0.1) is 28.6 Å². The highest BCUT2D eigenvalue weighted by Crippen LogP contribution is 2.68. The summed E-state index contributed by atoms with van der Waals surface area (Å²) in [4.78, 5) is 24.7. The molecule has 3 saturated carbocycles. The van der Waals surface area contributed by atoms with Gasteiger partial charge in [0.25, 0.3) is 0 Å². The number of esters is 1. The van der Waals surface area contributed by atoms with E-state index >= 15 is 0 Å². The lowest BCUT2D eigenvalue weighted by Gasteiger charge is -2.59. The number of carbonyl (C=O) groups is 2. The van der Waals surface area contributed by atoms with Crippen molar-refractivity contribution in [2.45, 2.75) is 84.7 Å². The van der Waals surface area contributed by atoms with Gasteiger partial charge in [0.1, 0.15) is 0 Å². The fourth-order valence-electron chi connectivity index (χ4n) is 7.71. The van der Waals surface area contributed by atoms with E-state index in [1.54, 1.807) is 6.92 Å². The molecule has 3 fully saturated rings. The lowest BCUT2D eigenvalue weighted by atomic mass is 9.46. The molecule has 5 nitrogen and oxygen atoms in total. The first-order valence-corrected chi connectivity index (χ1v) is 10.8. The van der Waals surface area contributed by atoms with Gasteiger partial charge < -0.3 is 9.94 Å². The fourth-order valence-corrected chi connectivity index (χ4v) is 7.71. The maximum absolute atomic E-state index is 12.8. The molecule has 0 unspecified atom stereocenters. The summed E-state index contributed by atoms with van der Waals surface area (Å²) in [6, 6.07) is 0. The number of hydrogen-bond acceptors (Lipinski definition) is 5. The van der Waals surface area contributed by atoms with Gasteiger partial charge in [-0.2, -0.15) is 0 Å². The summed E-state index contributed by atoms with van der Waals surface area (Å²) in [5, 5.41) is 12.7. The standard InChI is InChI=1S/C23H33NO4/c1-14(25)23(28-15(2)26)12-9-20-18-6-5-16-13-17(24-27)7-10-21(16,3)19(18)8-11-22(20,23)4/h13,18-20,27H,5-12H2,1-4H3/b24-17-/t18-,19+,20-,21+,22-,23+/m1/s1. The van der Waals surface area contributed by atoms with Gasteiger partial charge in [0.15, 0.2) is 11.4 Å². The van der Waals surface area contributed by atoms with Crippen molar-refractivity contribution in [2.24, 2.45) is 33.7 Å². The summed E-state index contributed by atoms with van der Waals surface area (Å²) >= 11 is 0. The number of ketones is 1. The molecule has 0 aromatic rings. The Balaban J connectivity index is 1.69. The second kappa shape index (κ2) is 6.43. The Labute approximate surface area is 167 Å². The van der Waals surface area contributed by atoms with E-state index in [9.17, 15) is 14.8 Å². The van der Waals surface area contributed by atoms with Crippen LogP contribution in [0.25, 0.3) is 0 Å². The van der Waals surface area contributed by atoms with E-state index in [1.165, 1.54) is 12.5 Å². The number of rotatable bonds is 2. The minimum absolute atomic E-state index is 0.00946. The van der Waals surface area contributed by atoms with E-state index in [2.05, 4.69) is 25.1 Å². The Morgan fingerprint density at radius 1 is 1.07 bits per heavy atom. The molecule has 0 spiro atoms. The van der Waals surface area contributed by atoms with Crippen molar-refractivity contribution in [3.8, 4) is 0 Å². The third-order valence-corrected chi connectivity index (χ3v) is 9.11. The van der Waals surface area contributed by atoms with E-state index in [-0.39, 0.29) is 22.6 Å². The highest BCUT2D eigenvalue weighted by Gasteiger charge is 2.67. The van der Waals surface area contributed by atoms with Crippen molar-refractivity contribution in [2.75, 3.05) is 0 Å². The lowest BCUT2D eigenvalue weighted by molar-refractivity contribution is -0.187. The van der Waals surface area contributed by atoms with E-state index in [4.69, 9.17) is 4.74 Å². The van der Waals surface area contributed by atoms with Gasteiger partial charge in [-0.25, -0.2) is 0 Å². The first kappa shape index (κ1) is 19.7. The van der Waals surface area contributed by atoms with E-state index in [0.717, 1.165) is 50.7 Å². The van der Waals surface area contributed by atoms with Gasteiger partial charge in [-0.3, -0.25) is 9.59 Å². The summed E-state index contributed by atoms with van der Waals surface area (Å²) in [5.74, 6) is 1.23. The quantitative estimate of drug-likeness (QED) is 0.424. The van der Waals surface area contributed by atoms with Crippen LogP contribution >= 0.6 is 0 Å². The van der Waals surface area contributed by atoms with Crippen molar-refractivity contribution in [3.63, 3.8) is 0 Å². The molecule has 4 aliphatic carbocycles. The zero-order chi connectivity index (χ0) is 20.3. The second-order valence-electron chi connectivity index (χ2n) is 10.1. The van der Waals surface area contributed by atoms with Gasteiger partial charge in [0, 0.05) is 12.3 Å². The molecule has 0 heterocycles. The number of carbonyl (C=O) groups excluding carboxylic acids is 2. The minimum Gasteiger partial charge on any atom is -0.451 e. The van der Waals surface area contributed by atoms with Gasteiger partial charge >= 0.3 is 5.97 Å². The molecule has 0 aromatic heterocycles. The second-order valence-corrected chi connectivity index (χ2v) is 10.1. The minimum atomic E-state index is -0.950. The Morgan fingerprint density at radius 2 is 1.79 bits per heavy atom. The first-order valence-electron chi connectivity index (χ1n) is 10.8. The van der Waals surface area contributed by atoms with Gasteiger partial charge in [-0.05, 0) is 87.5 Å². The van der Waals surface area contributed by atoms with Gasteiger partial charge in [0.05, 0.1) is 5.71 Å². The van der Waals surface area contributed by atoms with Crippen LogP contribution in [0.2, 0.25) is 0 Å². The molecule has 0 bridgehead atoms. The Bertz CT molecular complexity index is 771. The molecule has 0 amide bonds. The molecule has 1 N–H and O–H groups in total. The summed E-state index contributed by atoms with van der Waals surface area (Å²) in [6.45, 7) is 7.62. The van der Waals surface area contributed by atoms with Crippen molar-refractivity contribution in [1.82, 2.24) is 0 Å². The average molecular weight is 388 g/mol. The summed E-state index contributed by atoms with van der Waals surface area (Å²) in [6.07, 6.45) is 9.74. The molecule has 28 heavy (non-hydrogen) atoms. The zero-order valence-electron chi connectivity index (χ0n) is 17.6. The number of oxime groups is 1. The third-order valence-electron chi connectivity index (χ3n) is 9.11. The Kier molecular flexibility index (Phi) is 4.51. The maximum Gasteiger partial charge on any atom is 0.303 e. The third kappa shape index (κ3) is 2.47. The van der Waals surface area contributed by atoms with Crippen LogP contribution in [0.1, 0.15) is 79.1 Å². The van der Waals surface area contributed by atoms with E-state index in [1.807, 2.05) is 0 Å². The van der Waals surface area contributed by atoms with Gasteiger partial charge in [-0.1, -0.05) is 24.6 Å². The highest BCUT2D eigenvalue weighted by atomic mass is 16.6. The van der Waals surface area contributed by atoms with Crippen LogP contribution in [0.15, 0.2) is 16.8 Å². The normalized spacial score (nSPS) is 46.2. The van der Waals surface area contributed by atoms with Crippen LogP contribution < -0.4 is 0 Å². The summed E-state index contributed by atoms with van der Waals surface area (Å²) in [7, 11) is 0. The average Bonchev–Trinajstić information content (AvgIpc) is 2.94. The predicted octanol–water partition coefficient (Wildman–Crippen LogP) is 4.67. The molecule has 0 aliphatic heterocycles. The maximum atomic E-state index is 12.8. The molecule has 0 aromatic carbocycles. The molecular formula is C23H33NO4. The monoisotopic (exact) mass is 387 g/mol. The fraction of sp³-hybridized carbons (Fsp3) is 0.783. The number of ether oxygens (including phenoxy) is 1. The highest BCUT2D eigenvalue weighted by molar-refractivity contribution is 5.96. The smallest absolute Gasteiger partial charge is 0.303 e. The molecule has 4 aliphatic rings. The van der Waals surface area contributed by atoms with Gasteiger partial charge in [-0.15, -0.1) is 0 Å². The van der Waals surface area contributed by atoms with E-state index in [0.29, 0.717) is 24.2 Å². The molecule has 0 radical (unpaired) electrons. The molecular weight excluding hydrogens is 354 g/mol. The molecule has 4 rings (SSSR count). The van der Waals surface area contributed by atoms with Crippen LogP contribution in [0.5, 0.6) is 0 Å². The topological polar surface area (TPSA) is 76.0 Å². The molecule has 5 heteroatoms. The van der Waals surface area contributed by atoms with Crippen LogP contribution in [-0.4, -0.2) is 28.3 Å². The molecule has 154 valence electrons. The van der Waals surface area contributed by atoms with Crippen LogP contribution in [0.4, 0.5) is 0 Å². The van der Waals surface area contributed by atoms with Crippen molar-refractivity contribution >= 4 is 17.5 Å². The molecule has 6 atom stereocenters. The number of fused-ring (bicyclic) bond motifs is 5. The number of Topliss-reactive ketones (excluding diaryl/α,β-unsaturated/α-hetero) is 1. The summed E-state index contributed by atoms with van der Waals surface area (Å²) in [5.41, 5.74) is 1.18. The van der Waals surface area contributed by atoms with Crippen molar-refractivity contribution in [1.29, 1.82) is 0 Å². The number of nitrogens with zero attached hydrogens (tertiary/aromatic N) is 1. The summed E-state index contributed by atoms with van der Waals surface area (Å²) < 4.78 is 5.83. The largest absolute Gasteiger partial charge is 0.451 e. The van der Waals surface area contributed by atoms with Crippen molar-refractivity contribution in [3.05, 3.63) is 11.6 Å².